The van der Waals surface area contributed by atoms with E-state index in [0.717, 1.165) is 12.1 Å². The normalized spacial score (nSPS) is 23.5. The third kappa shape index (κ3) is 4.67. The Labute approximate surface area is 145 Å². The maximum Gasteiger partial charge on any atom is 0.226 e. The van der Waals surface area contributed by atoms with Crippen molar-refractivity contribution >= 4 is 41.0 Å². The van der Waals surface area contributed by atoms with Crippen molar-refractivity contribution in [2.75, 3.05) is 23.4 Å². The summed E-state index contributed by atoms with van der Waals surface area (Å²) in [5, 5.41) is 5.77. The molecule has 2 atom stereocenters. The molecular weight excluding hydrogens is 328 g/mol. The highest BCUT2D eigenvalue weighted by Crippen LogP contribution is 2.45. The Hall–Kier alpha value is -1.14. The van der Waals surface area contributed by atoms with Gasteiger partial charge in [0.15, 0.2) is 0 Å². The standard InChI is InChI=1S/C17H22N2O2S2/c1-11-9-14(11)16(21)18-6-5-15(20)19-13-4-2-3-12(10-13)17-22-7-8-23-17/h2-4,10-11,14,17H,5-9H2,1H3,(H,18,21)(H,19,20). The van der Waals surface area contributed by atoms with Crippen molar-refractivity contribution < 1.29 is 9.59 Å². The minimum atomic E-state index is -0.0574. The van der Waals surface area contributed by atoms with Crippen molar-refractivity contribution in [1.82, 2.24) is 5.32 Å². The predicted octanol–water partition coefficient (Wildman–Crippen LogP) is 3.27. The van der Waals surface area contributed by atoms with Crippen molar-refractivity contribution in [1.29, 1.82) is 0 Å². The van der Waals surface area contributed by atoms with E-state index in [1.807, 2.05) is 35.7 Å². The quantitative estimate of drug-likeness (QED) is 0.827. The lowest BCUT2D eigenvalue weighted by molar-refractivity contribution is -0.122. The SMILES string of the molecule is CC1CC1C(=O)NCCC(=O)Nc1cccc(C2SCCS2)c1. The molecule has 0 radical (unpaired) electrons. The Morgan fingerprint density at radius 2 is 2.00 bits per heavy atom. The zero-order valence-corrected chi connectivity index (χ0v) is 14.8. The van der Waals surface area contributed by atoms with E-state index in [2.05, 4.69) is 29.7 Å². The van der Waals surface area contributed by atoms with Crippen LogP contribution in [0, 0.1) is 11.8 Å². The molecule has 1 aromatic carbocycles. The fourth-order valence-corrected chi connectivity index (χ4v) is 5.49. The summed E-state index contributed by atoms with van der Waals surface area (Å²) in [5.74, 6) is 3.06. The largest absolute Gasteiger partial charge is 0.355 e. The van der Waals surface area contributed by atoms with E-state index in [4.69, 9.17) is 0 Å². The highest BCUT2D eigenvalue weighted by atomic mass is 32.2. The Morgan fingerprint density at radius 3 is 2.70 bits per heavy atom. The van der Waals surface area contributed by atoms with Gasteiger partial charge in [-0.25, -0.2) is 0 Å². The van der Waals surface area contributed by atoms with Crippen LogP contribution in [0.25, 0.3) is 0 Å². The van der Waals surface area contributed by atoms with Crippen LogP contribution in [0.2, 0.25) is 0 Å². The van der Waals surface area contributed by atoms with Gasteiger partial charge in [-0.05, 0) is 30.0 Å². The number of nitrogens with one attached hydrogen (secondary N) is 2. The van der Waals surface area contributed by atoms with Crippen LogP contribution in [0.1, 0.15) is 29.9 Å². The molecule has 0 bridgehead atoms. The summed E-state index contributed by atoms with van der Waals surface area (Å²) in [6, 6.07) is 8.07. The van der Waals surface area contributed by atoms with E-state index >= 15 is 0 Å². The predicted molar refractivity (Wildman–Crippen MR) is 97.6 cm³/mol. The first-order chi connectivity index (χ1) is 11.1. The number of benzene rings is 1. The summed E-state index contributed by atoms with van der Waals surface area (Å²) in [6.07, 6.45) is 1.28. The van der Waals surface area contributed by atoms with Crippen molar-refractivity contribution in [3.63, 3.8) is 0 Å². The summed E-state index contributed by atoms with van der Waals surface area (Å²) in [5.41, 5.74) is 2.09. The molecule has 2 aliphatic rings. The zero-order chi connectivity index (χ0) is 16.2. The van der Waals surface area contributed by atoms with E-state index in [-0.39, 0.29) is 17.7 Å². The van der Waals surface area contributed by atoms with E-state index in [1.165, 1.54) is 17.1 Å². The summed E-state index contributed by atoms with van der Waals surface area (Å²) >= 11 is 3.90. The number of carbonyl (C=O) groups is 2. The maximum absolute atomic E-state index is 12.0. The van der Waals surface area contributed by atoms with Crippen LogP contribution in [0.15, 0.2) is 24.3 Å². The van der Waals surface area contributed by atoms with Gasteiger partial charge in [-0.2, -0.15) is 0 Å². The molecule has 2 fully saturated rings. The smallest absolute Gasteiger partial charge is 0.226 e. The third-order valence-corrected chi connectivity index (χ3v) is 7.27. The highest BCUT2D eigenvalue weighted by Gasteiger charge is 2.38. The van der Waals surface area contributed by atoms with Crippen LogP contribution in [0.5, 0.6) is 0 Å². The molecule has 1 saturated carbocycles. The van der Waals surface area contributed by atoms with Gasteiger partial charge < -0.3 is 10.6 Å². The van der Waals surface area contributed by atoms with Crippen LogP contribution in [-0.2, 0) is 9.59 Å². The van der Waals surface area contributed by atoms with Gasteiger partial charge in [0.25, 0.3) is 0 Å². The lowest BCUT2D eigenvalue weighted by Gasteiger charge is -2.11. The molecular formula is C17H22N2O2S2. The Balaban J connectivity index is 1.44. The van der Waals surface area contributed by atoms with Crippen LogP contribution in [-0.4, -0.2) is 29.9 Å². The molecule has 1 aromatic rings. The van der Waals surface area contributed by atoms with E-state index in [0.29, 0.717) is 23.5 Å². The minimum Gasteiger partial charge on any atom is -0.355 e. The van der Waals surface area contributed by atoms with Crippen LogP contribution < -0.4 is 10.6 Å². The topological polar surface area (TPSA) is 58.2 Å². The molecule has 23 heavy (non-hydrogen) atoms. The number of amides is 2. The average Bonchev–Trinajstić information content (AvgIpc) is 3.03. The van der Waals surface area contributed by atoms with Gasteiger partial charge in [0.2, 0.25) is 11.8 Å². The molecule has 0 aromatic heterocycles. The van der Waals surface area contributed by atoms with Crippen LogP contribution in [0.3, 0.4) is 0 Å². The van der Waals surface area contributed by atoms with Crippen LogP contribution in [0.4, 0.5) is 5.69 Å². The van der Waals surface area contributed by atoms with E-state index < -0.39 is 0 Å². The first kappa shape index (κ1) is 16.7. The van der Waals surface area contributed by atoms with Gasteiger partial charge in [-0.3, -0.25) is 9.59 Å². The van der Waals surface area contributed by atoms with Crippen molar-refractivity contribution in [3.05, 3.63) is 29.8 Å². The molecule has 2 unspecified atom stereocenters. The Morgan fingerprint density at radius 1 is 1.26 bits per heavy atom. The summed E-state index contributed by atoms with van der Waals surface area (Å²) < 4.78 is 0.478. The lowest BCUT2D eigenvalue weighted by atomic mass is 10.2. The first-order valence-corrected chi connectivity index (χ1v) is 10.1. The van der Waals surface area contributed by atoms with Gasteiger partial charge in [0, 0.05) is 36.1 Å². The van der Waals surface area contributed by atoms with Crippen molar-refractivity contribution in [3.8, 4) is 0 Å². The Bertz CT molecular complexity index is 588. The molecule has 1 aliphatic heterocycles. The van der Waals surface area contributed by atoms with Gasteiger partial charge in [0.1, 0.15) is 0 Å². The summed E-state index contributed by atoms with van der Waals surface area (Å²) in [6.45, 7) is 2.48. The van der Waals surface area contributed by atoms with Crippen molar-refractivity contribution in [2.45, 2.75) is 24.3 Å². The van der Waals surface area contributed by atoms with Crippen molar-refractivity contribution in [2.24, 2.45) is 11.8 Å². The monoisotopic (exact) mass is 350 g/mol. The second kappa shape index (κ2) is 7.62. The molecule has 124 valence electrons. The summed E-state index contributed by atoms with van der Waals surface area (Å²) in [7, 11) is 0. The fourth-order valence-electron chi connectivity index (χ4n) is 2.66. The number of thioether (sulfide) groups is 2. The van der Waals surface area contributed by atoms with Gasteiger partial charge >= 0.3 is 0 Å². The molecule has 2 amide bonds. The molecule has 3 rings (SSSR count). The van der Waals surface area contributed by atoms with E-state index in [1.54, 1.807) is 0 Å². The highest BCUT2D eigenvalue weighted by molar-refractivity contribution is 8.19. The second-order valence-electron chi connectivity index (χ2n) is 6.11. The zero-order valence-electron chi connectivity index (χ0n) is 13.2. The second-order valence-corrected chi connectivity index (χ2v) is 8.83. The molecule has 2 N–H and O–H groups in total. The molecule has 0 spiro atoms. The van der Waals surface area contributed by atoms with E-state index in [9.17, 15) is 9.59 Å². The van der Waals surface area contributed by atoms with Crippen LogP contribution >= 0.6 is 23.5 Å². The summed E-state index contributed by atoms with van der Waals surface area (Å²) in [4.78, 5) is 23.7. The molecule has 1 aliphatic carbocycles. The minimum absolute atomic E-state index is 0.0574. The van der Waals surface area contributed by atoms with Gasteiger partial charge in [-0.15, -0.1) is 23.5 Å². The maximum atomic E-state index is 12.0. The molecule has 4 nitrogen and oxygen atoms in total. The lowest BCUT2D eigenvalue weighted by Crippen LogP contribution is -2.29. The number of hydrogen-bond donors (Lipinski definition) is 2. The third-order valence-electron chi connectivity index (χ3n) is 4.16. The number of carbonyl (C=O) groups excluding carboxylic acids is 2. The Kier molecular flexibility index (Phi) is 5.54. The first-order valence-electron chi connectivity index (χ1n) is 8.04. The van der Waals surface area contributed by atoms with Gasteiger partial charge in [0.05, 0.1) is 4.58 Å². The molecule has 1 heterocycles. The number of hydrogen-bond acceptors (Lipinski definition) is 4. The van der Waals surface area contributed by atoms with Gasteiger partial charge in [-0.1, -0.05) is 19.1 Å². The average molecular weight is 351 g/mol. The molecule has 6 heteroatoms. The number of anilines is 1. The molecule has 1 saturated heterocycles. The number of rotatable bonds is 6. The fraction of sp³-hybridized carbons (Fsp3) is 0.529.